The molecule has 0 saturated heterocycles. The maximum absolute atomic E-state index is 13.4. The summed E-state index contributed by atoms with van der Waals surface area (Å²) < 4.78 is 13.4. The summed E-state index contributed by atoms with van der Waals surface area (Å²) in [5, 5.41) is 3.88. The summed E-state index contributed by atoms with van der Waals surface area (Å²) in [6, 6.07) is 3.34. The van der Waals surface area contributed by atoms with Crippen molar-refractivity contribution in [3.8, 4) is 0 Å². The Bertz CT molecular complexity index is 424. The van der Waals surface area contributed by atoms with E-state index in [2.05, 4.69) is 31.1 Å². The Labute approximate surface area is 124 Å². The fourth-order valence-electron chi connectivity index (χ4n) is 1.70. The highest BCUT2D eigenvalue weighted by Gasteiger charge is 2.13. The van der Waals surface area contributed by atoms with E-state index < -0.39 is 5.82 Å². The van der Waals surface area contributed by atoms with Crippen LogP contribution < -0.4 is 5.32 Å². The molecule has 0 saturated carbocycles. The molecule has 5 heteroatoms. The average Bonchev–Trinajstić information content (AvgIpc) is 2.33. The molecule has 0 heterocycles. The van der Waals surface area contributed by atoms with Crippen LogP contribution in [-0.2, 0) is 0 Å². The zero-order valence-corrected chi connectivity index (χ0v) is 13.3. The smallest absolute Gasteiger partial charge is 0.142 e. The van der Waals surface area contributed by atoms with Gasteiger partial charge in [-0.25, -0.2) is 4.39 Å². The molecule has 0 aromatic heterocycles. The predicted octanol–water partition coefficient (Wildman–Crippen LogP) is 4.12. The van der Waals surface area contributed by atoms with Gasteiger partial charge >= 0.3 is 0 Å². The van der Waals surface area contributed by atoms with E-state index in [1.54, 1.807) is 0 Å². The maximum atomic E-state index is 13.4. The molecule has 1 rings (SSSR count). The molecule has 19 heavy (non-hydrogen) atoms. The lowest BCUT2D eigenvalue weighted by molar-refractivity contribution is 0.270. The van der Waals surface area contributed by atoms with Gasteiger partial charge in [-0.05, 0) is 45.5 Å². The van der Waals surface area contributed by atoms with Gasteiger partial charge in [0.25, 0.3) is 0 Å². The van der Waals surface area contributed by atoms with Crippen LogP contribution in [0.4, 0.5) is 4.39 Å². The summed E-state index contributed by atoms with van der Waals surface area (Å²) in [5.74, 6) is -0.436. The quantitative estimate of drug-likeness (QED) is 0.795. The zero-order chi connectivity index (χ0) is 14.6. The molecule has 0 bridgehead atoms. The van der Waals surface area contributed by atoms with Crippen LogP contribution in [0.15, 0.2) is 12.1 Å². The lowest BCUT2D eigenvalue weighted by atomic mass is 10.1. The molecule has 1 atom stereocenters. The Morgan fingerprint density at radius 1 is 1.21 bits per heavy atom. The highest BCUT2D eigenvalue weighted by atomic mass is 35.5. The standard InChI is InChI=1S/C14H21Cl2FN2/c1-9(2)19(4)6-5-18-10(3)11-7-14(17)13(16)8-12(11)15/h7-10,18H,5-6H2,1-4H3. The molecular formula is C14H21Cl2FN2. The molecule has 0 aliphatic heterocycles. The van der Waals surface area contributed by atoms with Crippen molar-refractivity contribution in [2.75, 3.05) is 20.1 Å². The van der Waals surface area contributed by atoms with E-state index in [0.717, 1.165) is 18.7 Å². The van der Waals surface area contributed by atoms with Crippen molar-refractivity contribution in [1.82, 2.24) is 10.2 Å². The Hall–Kier alpha value is -0.350. The molecule has 0 spiro atoms. The van der Waals surface area contributed by atoms with Crippen LogP contribution in [0.2, 0.25) is 10.0 Å². The summed E-state index contributed by atoms with van der Waals surface area (Å²) >= 11 is 11.8. The maximum Gasteiger partial charge on any atom is 0.142 e. The van der Waals surface area contributed by atoms with Crippen LogP contribution in [0.25, 0.3) is 0 Å². The van der Waals surface area contributed by atoms with Gasteiger partial charge in [-0.3, -0.25) is 0 Å². The molecule has 1 aromatic rings. The minimum atomic E-state index is -0.436. The zero-order valence-electron chi connectivity index (χ0n) is 11.8. The molecule has 0 amide bonds. The molecule has 0 aliphatic carbocycles. The Balaban J connectivity index is 2.59. The molecule has 1 N–H and O–H groups in total. The Morgan fingerprint density at radius 2 is 1.84 bits per heavy atom. The number of rotatable bonds is 6. The largest absolute Gasteiger partial charge is 0.309 e. The van der Waals surface area contributed by atoms with Crippen molar-refractivity contribution in [1.29, 1.82) is 0 Å². The number of halogens is 3. The summed E-state index contributed by atoms with van der Waals surface area (Å²) in [7, 11) is 2.08. The first kappa shape index (κ1) is 16.7. The summed E-state index contributed by atoms with van der Waals surface area (Å²) in [5.41, 5.74) is 0.732. The first-order valence-electron chi connectivity index (χ1n) is 6.41. The van der Waals surface area contributed by atoms with Gasteiger partial charge in [0.15, 0.2) is 0 Å². The fraction of sp³-hybridized carbons (Fsp3) is 0.571. The second kappa shape index (κ2) is 7.44. The normalized spacial score (nSPS) is 13.3. The molecular weight excluding hydrogens is 286 g/mol. The minimum absolute atomic E-state index is 0.0140. The second-order valence-electron chi connectivity index (χ2n) is 5.04. The molecule has 0 radical (unpaired) electrons. The third kappa shape index (κ3) is 4.92. The molecule has 108 valence electrons. The summed E-state index contributed by atoms with van der Waals surface area (Å²) in [6.07, 6.45) is 0. The third-order valence-electron chi connectivity index (χ3n) is 3.30. The van der Waals surface area contributed by atoms with E-state index in [1.165, 1.54) is 12.1 Å². The third-order valence-corrected chi connectivity index (χ3v) is 3.92. The van der Waals surface area contributed by atoms with Crippen LogP contribution in [0.3, 0.4) is 0 Å². The van der Waals surface area contributed by atoms with Gasteiger partial charge < -0.3 is 10.2 Å². The van der Waals surface area contributed by atoms with E-state index in [4.69, 9.17) is 23.2 Å². The van der Waals surface area contributed by atoms with Crippen LogP contribution >= 0.6 is 23.2 Å². The van der Waals surface area contributed by atoms with Gasteiger partial charge in [0.05, 0.1) is 5.02 Å². The van der Waals surface area contributed by atoms with Gasteiger partial charge in [0.1, 0.15) is 5.82 Å². The molecule has 1 aromatic carbocycles. The van der Waals surface area contributed by atoms with E-state index in [-0.39, 0.29) is 11.1 Å². The minimum Gasteiger partial charge on any atom is -0.309 e. The van der Waals surface area contributed by atoms with E-state index in [9.17, 15) is 4.39 Å². The number of nitrogens with zero attached hydrogens (tertiary/aromatic N) is 1. The fourth-order valence-corrected chi connectivity index (χ4v) is 2.24. The molecule has 2 nitrogen and oxygen atoms in total. The van der Waals surface area contributed by atoms with E-state index >= 15 is 0 Å². The van der Waals surface area contributed by atoms with Gasteiger partial charge in [-0.1, -0.05) is 23.2 Å². The van der Waals surface area contributed by atoms with Crippen molar-refractivity contribution in [3.05, 3.63) is 33.6 Å². The van der Waals surface area contributed by atoms with Crippen LogP contribution in [0.1, 0.15) is 32.4 Å². The molecule has 1 unspecified atom stereocenters. The van der Waals surface area contributed by atoms with Crippen LogP contribution in [0.5, 0.6) is 0 Å². The highest BCUT2D eigenvalue weighted by Crippen LogP contribution is 2.28. The Kier molecular flexibility index (Phi) is 6.54. The summed E-state index contributed by atoms with van der Waals surface area (Å²) in [6.45, 7) is 8.00. The van der Waals surface area contributed by atoms with Crippen molar-refractivity contribution in [2.24, 2.45) is 0 Å². The van der Waals surface area contributed by atoms with E-state index in [1.807, 2.05) is 6.92 Å². The lowest BCUT2D eigenvalue weighted by Gasteiger charge is -2.23. The van der Waals surface area contributed by atoms with Crippen molar-refractivity contribution < 1.29 is 4.39 Å². The Morgan fingerprint density at radius 3 is 2.42 bits per heavy atom. The van der Waals surface area contributed by atoms with Gasteiger partial charge in [-0.15, -0.1) is 0 Å². The van der Waals surface area contributed by atoms with Crippen molar-refractivity contribution in [2.45, 2.75) is 32.9 Å². The van der Waals surface area contributed by atoms with Gasteiger partial charge in [-0.2, -0.15) is 0 Å². The van der Waals surface area contributed by atoms with Crippen LogP contribution in [-0.4, -0.2) is 31.1 Å². The first-order valence-corrected chi connectivity index (χ1v) is 7.16. The van der Waals surface area contributed by atoms with Gasteiger partial charge in [0.2, 0.25) is 0 Å². The molecule has 0 aliphatic rings. The van der Waals surface area contributed by atoms with Crippen LogP contribution in [0, 0.1) is 5.82 Å². The monoisotopic (exact) mass is 306 g/mol. The van der Waals surface area contributed by atoms with E-state index in [0.29, 0.717) is 11.1 Å². The number of benzene rings is 1. The number of likely N-dealkylation sites (N-methyl/N-ethyl adjacent to an activating group) is 1. The second-order valence-corrected chi connectivity index (χ2v) is 5.85. The number of hydrogen-bond acceptors (Lipinski definition) is 2. The lowest BCUT2D eigenvalue weighted by Crippen LogP contribution is -2.34. The first-order chi connectivity index (χ1) is 8.82. The molecule has 0 fully saturated rings. The van der Waals surface area contributed by atoms with Crippen molar-refractivity contribution >= 4 is 23.2 Å². The predicted molar refractivity (Wildman–Crippen MR) is 80.6 cm³/mol. The van der Waals surface area contributed by atoms with Crippen molar-refractivity contribution in [3.63, 3.8) is 0 Å². The number of hydrogen-bond donors (Lipinski definition) is 1. The summed E-state index contributed by atoms with van der Waals surface area (Å²) in [4.78, 5) is 2.24. The highest BCUT2D eigenvalue weighted by molar-refractivity contribution is 6.35. The number of nitrogens with one attached hydrogen (secondary N) is 1. The van der Waals surface area contributed by atoms with Gasteiger partial charge in [0, 0.05) is 30.2 Å². The average molecular weight is 307 g/mol. The topological polar surface area (TPSA) is 15.3 Å². The SMILES string of the molecule is CC(NCCN(C)C(C)C)c1cc(F)c(Cl)cc1Cl.